The number of rotatable bonds is 9. The number of amides is 1. The van der Waals surface area contributed by atoms with Crippen LogP contribution in [-0.4, -0.2) is 59.3 Å². The lowest BCUT2D eigenvalue weighted by Gasteiger charge is -2.19. The largest absolute Gasteiger partial charge is 0.388 e. The number of fused-ring (bicyclic) bond motifs is 1. The highest BCUT2D eigenvalue weighted by molar-refractivity contribution is 5.82. The Morgan fingerprint density at radius 2 is 1.86 bits per heavy atom. The molecule has 0 spiro atoms. The van der Waals surface area contributed by atoms with Crippen molar-refractivity contribution < 1.29 is 9.90 Å². The van der Waals surface area contributed by atoms with Crippen LogP contribution in [0.1, 0.15) is 49.2 Å². The maximum Gasteiger partial charge on any atom is 0.261 e. The van der Waals surface area contributed by atoms with E-state index in [1.54, 1.807) is 45.7 Å². The molecule has 1 aliphatic rings. The number of carbonyl (C=O) groups is 1. The lowest BCUT2D eigenvalue weighted by atomic mass is 9.93. The summed E-state index contributed by atoms with van der Waals surface area (Å²) in [5.74, 6) is 0.163. The number of tetrazole rings is 1. The topological polar surface area (TPSA) is 119 Å². The van der Waals surface area contributed by atoms with Crippen LogP contribution >= 0.6 is 0 Å². The SMILES string of the molecule is CCCCc1nc2ccc(C(O)C3CCN(C)C3=O)cc2c(=O)n1Cc1ccc(-c2ccccc2-n2cnnn2)cc1. The summed E-state index contributed by atoms with van der Waals surface area (Å²) in [4.78, 5) is 33.0. The summed E-state index contributed by atoms with van der Waals surface area (Å²) in [6.07, 6.45) is 3.77. The van der Waals surface area contributed by atoms with Crippen LogP contribution in [0.3, 0.4) is 0 Å². The Labute approximate surface area is 243 Å². The summed E-state index contributed by atoms with van der Waals surface area (Å²) in [6, 6.07) is 21.3. The zero-order chi connectivity index (χ0) is 29.2. The van der Waals surface area contributed by atoms with Crippen molar-refractivity contribution in [1.29, 1.82) is 0 Å². The number of unbranched alkanes of at least 4 members (excludes halogenated alkanes) is 1. The predicted octanol–water partition coefficient (Wildman–Crippen LogP) is 3.94. The van der Waals surface area contributed by atoms with E-state index >= 15 is 0 Å². The first kappa shape index (κ1) is 27.5. The summed E-state index contributed by atoms with van der Waals surface area (Å²) in [6.45, 7) is 3.10. The van der Waals surface area contributed by atoms with Crippen LogP contribution in [0.2, 0.25) is 0 Å². The highest BCUT2D eigenvalue weighted by atomic mass is 16.3. The highest BCUT2D eigenvalue weighted by Crippen LogP contribution is 2.32. The van der Waals surface area contributed by atoms with E-state index < -0.39 is 12.0 Å². The number of likely N-dealkylation sites (tertiary alicyclic amines) is 1. The van der Waals surface area contributed by atoms with Crippen LogP contribution in [0.4, 0.5) is 0 Å². The fourth-order valence-corrected chi connectivity index (χ4v) is 5.69. The molecule has 1 amide bonds. The van der Waals surface area contributed by atoms with Crippen molar-refractivity contribution in [2.24, 2.45) is 5.92 Å². The van der Waals surface area contributed by atoms with Crippen molar-refractivity contribution in [3.8, 4) is 16.8 Å². The number of hydrogen-bond donors (Lipinski definition) is 1. The van der Waals surface area contributed by atoms with E-state index in [9.17, 15) is 14.7 Å². The minimum Gasteiger partial charge on any atom is -0.388 e. The van der Waals surface area contributed by atoms with Crippen molar-refractivity contribution >= 4 is 16.8 Å². The predicted molar refractivity (Wildman–Crippen MR) is 159 cm³/mol. The van der Waals surface area contributed by atoms with Gasteiger partial charge in [0.05, 0.1) is 35.2 Å². The monoisotopic (exact) mass is 563 g/mol. The third-order valence-corrected chi connectivity index (χ3v) is 8.11. The van der Waals surface area contributed by atoms with Gasteiger partial charge in [-0.05, 0) is 58.2 Å². The van der Waals surface area contributed by atoms with Crippen LogP contribution < -0.4 is 5.56 Å². The molecule has 1 fully saturated rings. The lowest BCUT2D eigenvalue weighted by molar-refractivity contribution is -0.132. The van der Waals surface area contributed by atoms with Gasteiger partial charge in [0.15, 0.2) is 0 Å². The number of aliphatic hydroxyl groups is 1. The first-order valence-corrected chi connectivity index (χ1v) is 14.3. The van der Waals surface area contributed by atoms with Crippen LogP contribution in [0.15, 0.2) is 77.9 Å². The second kappa shape index (κ2) is 11.7. The molecule has 5 aromatic rings. The molecule has 3 aromatic carbocycles. The van der Waals surface area contributed by atoms with Crippen LogP contribution in [0.25, 0.3) is 27.7 Å². The number of benzene rings is 3. The smallest absolute Gasteiger partial charge is 0.261 e. The van der Waals surface area contributed by atoms with E-state index in [0.717, 1.165) is 41.0 Å². The molecule has 214 valence electrons. The molecule has 1 N–H and O–H groups in total. The van der Waals surface area contributed by atoms with Gasteiger partial charge < -0.3 is 10.0 Å². The average molecular weight is 564 g/mol. The Hall–Kier alpha value is -4.70. The molecule has 42 heavy (non-hydrogen) atoms. The maximum atomic E-state index is 13.9. The number of hydrogen-bond acceptors (Lipinski definition) is 7. The zero-order valence-electron chi connectivity index (χ0n) is 23.7. The normalized spacial score (nSPS) is 15.9. The third-order valence-electron chi connectivity index (χ3n) is 8.11. The molecule has 0 radical (unpaired) electrons. The molecule has 1 saturated heterocycles. The Morgan fingerprint density at radius 1 is 1.05 bits per heavy atom. The molecule has 6 rings (SSSR count). The summed E-state index contributed by atoms with van der Waals surface area (Å²) >= 11 is 0. The Kier molecular flexibility index (Phi) is 7.62. The molecule has 0 saturated carbocycles. The standard InChI is InChI=1S/C32H33N7O3/c1-3-4-9-29-34-27-15-14-23(30(40)25-16-17-37(2)31(25)41)18-26(27)32(42)38(29)19-21-10-12-22(13-11-21)24-7-5-6-8-28(24)39-20-33-35-36-39/h5-8,10-15,18,20,25,30,40H,3-4,9,16-17,19H2,1-2H3. The minimum atomic E-state index is -0.969. The second-order valence-corrected chi connectivity index (χ2v) is 10.9. The van der Waals surface area contributed by atoms with Gasteiger partial charge in [-0.25, -0.2) is 4.98 Å². The highest BCUT2D eigenvalue weighted by Gasteiger charge is 2.35. The number of aryl methyl sites for hydroxylation is 1. The first-order valence-electron chi connectivity index (χ1n) is 14.3. The van der Waals surface area contributed by atoms with Gasteiger partial charge >= 0.3 is 0 Å². The average Bonchev–Trinajstić information content (AvgIpc) is 3.68. The summed E-state index contributed by atoms with van der Waals surface area (Å²) in [5.41, 5.74) is 4.85. The number of aliphatic hydroxyl groups excluding tert-OH is 1. The molecule has 2 atom stereocenters. The summed E-state index contributed by atoms with van der Waals surface area (Å²) < 4.78 is 3.38. The van der Waals surface area contributed by atoms with Gasteiger partial charge in [0.25, 0.3) is 5.56 Å². The van der Waals surface area contributed by atoms with Gasteiger partial charge in [-0.3, -0.25) is 14.2 Å². The molecule has 10 heteroatoms. The molecule has 2 unspecified atom stereocenters. The van der Waals surface area contributed by atoms with Crippen molar-refractivity contribution in [1.82, 2.24) is 34.7 Å². The van der Waals surface area contributed by atoms with Crippen LogP contribution in [0.5, 0.6) is 0 Å². The van der Waals surface area contributed by atoms with E-state index in [2.05, 4.69) is 22.4 Å². The number of aromatic nitrogens is 6. The molecule has 0 bridgehead atoms. The first-order chi connectivity index (χ1) is 20.4. The van der Waals surface area contributed by atoms with Gasteiger partial charge in [-0.2, -0.15) is 4.68 Å². The molecular weight excluding hydrogens is 530 g/mol. The molecule has 2 aromatic heterocycles. The van der Waals surface area contributed by atoms with Gasteiger partial charge in [0, 0.05) is 25.6 Å². The van der Waals surface area contributed by atoms with E-state index in [1.807, 2.05) is 48.5 Å². The van der Waals surface area contributed by atoms with Gasteiger partial charge in [-0.15, -0.1) is 5.10 Å². The zero-order valence-corrected chi connectivity index (χ0v) is 23.7. The number of nitrogens with zero attached hydrogens (tertiary/aromatic N) is 7. The Morgan fingerprint density at radius 3 is 2.57 bits per heavy atom. The summed E-state index contributed by atoms with van der Waals surface area (Å²) in [5, 5.41) is 23.0. The van der Waals surface area contributed by atoms with E-state index in [4.69, 9.17) is 4.98 Å². The fraction of sp³-hybridized carbons (Fsp3) is 0.312. The quantitative estimate of drug-likeness (QED) is 0.289. The van der Waals surface area contributed by atoms with Crippen LogP contribution in [-0.2, 0) is 17.8 Å². The van der Waals surface area contributed by atoms with Gasteiger partial charge in [-0.1, -0.05) is 61.9 Å². The van der Waals surface area contributed by atoms with Crippen LogP contribution in [0, 0.1) is 5.92 Å². The molecule has 1 aliphatic heterocycles. The van der Waals surface area contributed by atoms with Crippen molar-refractivity contribution in [3.63, 3.8) is 0 Å². The lowest BCUT2D eigenvalue weighted by Crippen LogP contribution is -2.27. The Balaban J connectivity index is 1.34. The summed E-state index contributed by atoms with van der Waals surface area (Å²) in [7, 11) is 1.75. The van der Waals surface area contributed by atoms with E-state index in [1.165, 1.54) is 0 Å². The Bertz CT molecular complexity index is 1780. The van der Waals surface area contributed by atoms with E-state index in [0.29, 0.717) is 42.4 Å². The number of carbonyl (C=O) groups excluding carboxylic acids is 1. The van der Waals surface area contributed by atoms with E-state index in [-0.39, 0.29) is 11.5 Å². The molecular formula is C32H33N7O3. The molecule has 0 aliphatic carbocycles. The fourth-order valence-electron chi connectivity index (χ4n) is 5.69. The molecule has 3 heterocycles. The maximum absolute atomic E-state index is 13.9. The third kappa shape index (κ3) is 5.21. The minimum absolute atomic E-state index is 0.0722. The second-order valence-electron chi connectivity index (χ2n) is 10.9. The van der Waals surface area contributed by atoms with Crippen molar-refractivity contribution in [2.45, 2.75) is 45.3 Å². The molecule has 10 nitrogen and oxygen atoms in total. The van der Waals surface area contributed by atoms with Crippen molar-refractivity contribution in [2.75, 3.05) is 13.6 Å². The van der Waals surface area contributed by atoms with Gasteiger partial charge in [0.1, 0.15) is 12.2 Å². The van der Waals surface area contributed by atoms with Gasteiger partial charge in [0.2, 0.25) is 5.91 Å². The number of para-hydroxylation sites is 1. The van der Waals surface area contributed by atoms with Crippen molar-refractivity contribution in [3.05, 3.63) is 100 Å².